The molecule has 11 heteroatoms. The molecule has 0 amide bonds. The Labute approximate surface area is 203 Å². The predicted octanol–water partition coefficient (Wildman–Crippen LogP) is 4.78. The van der Waals surface area contributed by atoms with Crippen molar-refractivity contribution in [1.82, 2.24) is 4.41 Å². The molecule has 1 aliphatic rings. The standard InChI is InChI=1S/C23H21ClFN3O4S2/c1-2-33(29,30)27-20-10-4-6-16(13-20)22-15-23(17-7-3-9-19(25)12-17)28(26-22)34(31,32)21-11-5-8-18(24)14-21/h3-14,23,27H,2,15H2,1H3. The molecule has 1 N–H and O–H groups in total. The van der Waals surface area contributed by atoms with E-state index in [-0.39, 0.29) is 22.1 Å². The molecule has 3 aromatic rings. The lowest BCUT2D eigenvalue weighted by atomic mass is 9.99. The zero-order chi connectivity index (χ0) is 24.5. The van der Waals surface area contributed by atoms with Crippen molar-refractivity contribution in [2.24, 2.45) is 5.10 Å². The summed E-state index contributed by atoms with van der Waals surface area (Å²) in [5.74, 6) is -0.590. The zero-order valence-corrected chi connectivity index (χ0v) is 20.4. The highest BCUT2D eigenvalue weighted by atomic mass is 35.5. The van der Waals surface area contributed by atoms with Gasteiger partial charge in [0.1, 0.15) is 5.82 Å². The van der Waals surface area contributed by atoms with Crippen molar-refractivity contribution >= 4 is 43.0 Å². The van der Waals surface area contributed by atoms with Gasteiger partial charge in [-0.15, -0.1) is 0 Å². The van der Waals surface area contributed by atoms with Gasteiger partial charge >= 0.3 is 0 Å². The smallest absolute Gasteiger partial charge is 0.279 e. The lowest BCUT2D eigenvalue weighted by Gasteiger charge is -2.23. The molecule has 0 spiro atoms. The van der Waals surface area contributed by atoms with Gasteiger partial charge < -0.3 is 0 Å². The summed E-state index contributed by atoms with van der Waals surface area (Å²) in [6, 6.07) is 17.3. The third kappa shape index (κ3) is 5.08. The highest BCUT2D eigenvalue weighted by Gasteiger charge is 2.38. The fraction of sp³-hybridized carbons (Fsp3) is 0.174. The summed E-state index contributed by atoms with van der Waals surface area (Å²) in [4.78, 5) is -0.0455. The van der Waals surface area contributed by atoms with Gasteiger partial charge in [0.05, 0.1) is 22.4 Å². The first-order valence-corrected chi connectivity index (χ1v) is 13.8. The molecule has 1 aliphatic heterocycles. The van der Waals surface area contributed by atoms with E-state index in [4.69, 9.17) is 11.6 Å². The SMILES string of the molecule is CCS(=O)(=O)Nc1cccc(C2=NN(S(=O)(=O)c3cccc(Cl)c3)C(c3cccc(F)c3)C2)c1. The van der Waals surface area contributed by atoms with E-state index in [1.165, 1.54) is 43.3 Å². The van der Waals surface area contributed by atoms with Crippen LogP contribution in [0.25, 0.3) is 0 Å². The fourth-order valence-corrected chi connectivity index (χ4v) is 5.96. The van der Waals surface area contributed by atoms with Crippen molar-refractivity contribution in [2.75, 3.05) is 10.5 Å². The number of nitrogens with one attached hydrogen (secondary N) is 1. The summed E-state index contributed by atoms with van der Waals surface area (Å²) < 4.78 is 68.4. The first-order valence-electron chi connectivity index (χ1n) is 10.3. The minimum absolute atomic E-state index is 0.0455. The number of rotatable bonds is 7. The van der Waals surface area contributed by atoms with Crippen molar-refractivity contribution in [3.05, 3.63) is 94.8 Å². The van der Waals surface area contributed by atoms with E-state index < -0.39 is 31.9 Å². The van der Waals surface area contributed by atoms with Crippen molar-refractivity contribution in [2.45, 2.75) is 24.3 Å². The lowest BCUT2D eigenvalue weighted by Crippen LogP contribution is -2.27. The van der Waals surface area contributed by atoms with Crippen LogP contribution >= 0.6 is 11.6 Å². The Hall–Kier alpha value is -2.95. The van der Waals surface area contributed by atoms with Gasteiger partial charge in [0.15, 0.2) is 0 Å². The second-order valence-corrected chi connectivity index (χ2v) is 11.9. The third-order valence-electron chi connectivity index (χ3n) is 5.30. The van der Waals surface area contributed by atoms with Gasteiger partial charge in [0, 0.05) is 17.1 Å². The molecule has 0 aliphatic carbocycles. The molecule has 1 atom stereocenters. The number of nitrogens with zero attached hydrogens (tertiary/aromatic N) is 2. The van der Waals surface area contributed by atoms with Crippen LogP contribution < -0.4 is 4.72 Å². The maximum Gasteiger partial charge on any atom is 0.279 e. The molecule has 34 heavy (non-hydrogen) atoms. The molecule has 0 bridgehead atoms. The normalized spacial score (nSPS) is 16.4. The second-order valence-electron chi connectivity index (χ2n) is 7.64. The molecule has 4 rings (SSSR count). The molecule has 1 unspecified atom stereocenters. The van der Waals surface area contributed by atoms with Gasteiger partial charge in [0.25, 0.3) is 10.0 Å². The largest absolute Gasteiger partial charge is 0.284 e. The van der Waals surface area contributed by atoms with Gasteiger partial charge in [-0.05, 0) is 60.5 Å². The topological polar surface area (TPSA) is 95.9 Å². The number of halogens is 2. The number of anilines is 1. The maximum atomic E-state index is 14.0. The van der Waals surface area contributed by atoms with E-state index in [1.807, 2.05) is 0 Å². The van der Waals surface area contributed by atoms with Crippen LogP contribution in [-0.2, 0) is 20.0 Å². The van der Waals surface area contributed by atoms with Crippen LogP contribution in [0, 0.1) is 5.82 Å². The Kier molecular flexibility index (Phi) is 6.66. The first-order chi connectivity index (χ1) is 16.1. The molecule has 0 saturated heterocycles. The van der Waals surface area contributed by atoms with E-state index in [9.17, 15) is 21.2 Å². The van der Waals surface area contributed by atoms with Gasteiger partial charge in [-0.25, -0.2) is 12.8 Å². The monoisotopic (exact) mass is 521 g/mol. The number of hydrazone groups is 1. The highest BCUT2D eigenvalue weighted by molar-refractivity contribution is 7.92. The van der Waals surface area contributed by atoms with Crippen molar-refractivity contribution < 1.29 is 21.2 Å². The summed E-state index contributed by atoms with van der Waals surface area (Å²) in [6.07, 6.45) is 0.160. The average Bonchev–Trinajstić information content (AvgIpc) is 3.26. The molecule has 7 nitrogen and oxygen atoms in total. The van der Waals surface area contributed by atoms with E-state index in [0.717, 1.165) is 4.41 Å². The van der Waals surface area contributed by atoms with E-state index >= 15 is 0 Å². The molecular formula is C23H21ClFN3O4S2. The Morgan fingerprint density at radius 3 is 2.47 bits per heavy atom. The van der Waals surface area contributed by atoms with Crippen molar-refractivity contribution in [1.29, 1.82) is 0 Å². The minimum atomic E-state index is -4.13. The van der Waals surface area contributed by atoms with Crippen LogP contribution in [0.5, 0.6) is 0 Å². The maximum absolute atomic E-state index is 14.0. The molecule has 178 valence electrons. The third-order valence-corrected chi connectivity index (χ3v) is 8.52. The van der Waals surface area contributed by atoms with Crippen LogP contribution in [0.15, 0.2) is 82.8 Å². The number of sulfonamides is 2. The number of hydrogen-bond acceptors (Lipinski definition) is 5. The fourth-order valence-electron chi connectivity index (χ4n) is 3.60. The van der Waals surface area contributed by atoms with Gasteiger partial charge in [-0.1, -0.05) is 41.9 Å². The van der Waals surface area contributed by atoms with Crippen LogP contribution in [0.2, 0.25) is 5.02 Å². The lowest BCUT2D eigenvalue weighted by molar-refractivity contribution is 0.370. The van der Waals surface area contributed by atoms with Gasteiger partial charge in [-0.2, -0.15) is 17.9 Å². The molecule has 0 fully saturated rings. The van der Waals surface area contributed by atoms with Crippen LogP contribution in [0.3, 0.4) is 0 Å². The summed E-state index contributed by atoms with van der Waals surface area (Å²) in [5, 5.41) is 4.65. The molecule has 0 aromatic heterocycles. The van der Waals surface area contributed by atoms with E-state index in [0.29, 0.717) is 22.5 Å². The van der Waals surface area contributed by atoms with Crippen LogP contribution in [-0.4, -0.2) is 32.7 Å². The van der Waals surface area contributed by atoms with E-state index in [1.54, 1.807) is 36.4 Å². The summed E-state index contributed by atoms with van der Waals surface area (Å²) >= 11 is 6.01. The summed E-state index contributed by atoms with van der Waals surface area (Å²) in [5.41, 5.74) is 1.73. The Bertz CT molecular complexity index is 1480. The second kappa shape index (κ2) is 9.36. The quantitative estimate of drug-likeness (QED) is 0.484. The molecule has 0 radical (unpaired) electrons. The molecule has 0 saturated carbocycles. The predicted molar refractivity (Wildman–Crippen MR) is 130 cm³/mol. The zero-order valence-electron chi connectivity index (χ0n) is 18.0. The summed E-state index contributed by atoms with van der Waals surface area (Å²) in [6.45, 7) is 1.52. The Morgan fingerprint density at radius 2 is 1.76 bits per heavy atom. The number of hydrogen-bond donors (Lipinski definition) is 1. The van der Waals surface area contributed by atoms with Crippen LogP contribution in [0.1, 0.15) is 30.5 Å². The van der Waals surface area contributed by atoms with Crippen molar-refractivity contribution in [3.8, 4) is 0 Å². The number of benzene rings is 3. The average molecular weight is 522 g/mol. The molecular weight excluding hydrogens is 501 g/mol. The molecule has 1 heterocycles. The van der Waals surface area contributed by atoms with Crippen LogP contribution in [0.4, 0.5) is 10.1 Å². The minimum Gasteiger partial charge on any atom is -0.284 e. The Morgan fingerprint density at radius 1 is 1.03 bits per heavy atom. The van der Waals surface area contributed by atoms with E-state index in [2.05, 4.69) is 9.82 Å². The summed E-state index contributed by atoms with van der Waals surface area (Å²) in [7, 11) is -7.62. The van der Waals surface area contributed by atoms with Gasteiger partial charge in [-0.3, -0.25) is 4.72 Å². The first kappa shape index (κ1) is 24.2. The van der Waals surface area contributed by atoms with Gasteiger partial charge in [0.2, 0.25) is 10.0 Å². The highest BCUT2D eigenvalue weighted by Crippen LogP contribution is 2.38. The van der Waals surface area contributed by atoms with Crippen molar-refractivity contribution in [3.63, 3.8) is 0 Å². The molecule has 3 aromatic carbocycles. The Balaban J connectivity index is 1.78.